The summed E-state index contributed by atoms with van der Waals surface area (Å²) in [5.41, 5.74) is -1.21. The zero-order valence-electron chi connectivity index (χ0n) is 11.1. The molecule has 21 heavy (non-hydrogen) atoms. The number of halogens is 3. The molecule has 2 rings (SSSR count). The maximum Gasteiger partial charge on any atom is 0.417 e. The summed E-state index contributed by atoms with van der Waals surface area (Å²) in [6.45, 7) is 0.385. The second-order valence-corrected chi connectivity index (χ2v) is 6.77. The lowest BCUT2D eigenvalue weighted by Crippen LogP contribution is -2.44. The van der Waals surface area contributed by atoms with Gasteiger partial charge in [-0.2, -0.15) is 17.5 Å². The van der Waals surface area contributed by atoms with Gasteiger partial charge in [0.2, 0.25) is 10.0 Å². The average Bonchev–Trinajstić information content (AvgIpc) is 2.83. The highest BCUT2D eigenvalue weighted by atomic mass is 32.2. The molecule has 1 saturated heterocycles. The molecule has 0 aromatic heterocycles. The van der Waals surface area contributed by atoms with Crippen molar-refractivity contribution < 1.29 is 26.7 Å². The van der Waals surface area contributed by atoms with Gasteiger partial charge >= 0.3 is 6.18 Å². The van der Waals surface area contributed by atoms with Crippen LogP contribution in [-0.4, -0.2) is 50.1 Å². The maximum atomic E-state index is 13.0. The SMILES string of the molecule is CN([C@@H]1CNC[C@H]1O)S(=O)(=O)c1ccccc1C(F)(F)F. The fourth-order valence-corrected chi connectivity index (χ4v) is 3.88. The number of aliphatic hydroxyl groups is 1. The topological polar surface area (TPSA) is 69.6 Å². The van der Waals surface area contributed by atoms with Crippen molar-refractivity contribution >= 4 is 10.0 Å². The molecular weight excluding hydrogens is 309 g/mol. The molecule has 1 fully saturated rings. The van der Waals surface area contributed by atoms with Crippen LogP contribution >= 0.6 is 0 Å². The second kappa shape index (κ2) is 5.56. The zero-order chi connectivity index (χ0) is 15.8. The third-order valence-corrected chi connectivity index (χ3v) is 5.41. The number of rotatable bonds is 3. The Kier molecular flexibility index (Phi) is 4.29. The van der Waals surface area contributed by atoms with Crippen molar-refractivity contribution in [2.45, 2.75) is 23.2 Å². The van der Waals surface area contributed by atoms with Crippen molar-refractivity contribution in [3.8, 4) is 0 Å². The van der Waals surface area contributed by atoms with Gasteiger partial charge in [0.05, 0.1) is 22.6 Å². The molecule has 2 atom stereocenters. The molecule has 0 aliphatic carbocycles. The van der Waals surface area contributed by atoms with E-state index in [2.05, 4.69) is 5.32 Å². The summed E-state index contributed by atoms with van der Waals surface area (Å²) < 4.78 is 64.5. The van der Waals surface area contributed by atoms with Gasteiger partial charge in [-0.15, -0.1) is 0 Å². The first kappa shape index (κ1) is 16.2. The van der Waals surface area contributed by atoms with Gasteiger partial charge in [0.1, 0.15) is 0 Å². The second-order valence-electron chi connectivity index (χ2n) is 4.81. The Morgan fingerprint density at radius 1 is 1.29 bits per heavy atom. The van der Waals surface area contributed by atoms with Crippen molar-refractivity contribution in [1.82, 2.24) is 9.62 Å². The van der Waals surface area contributed by atoms with Gasteiger partial charge in [0.15, 0.2) is 0 Å². The van der Waals surface area contributed by atoms with Crippen LogP contribution in [0.25, 0.3) is 0 Å². The number of likely N-dealkylation sites (N-methyl/N-ethyl adjacent to an activating group) is 1. The number of sulfonamides is 1. The molecule has 2 N–H and O–H groups in total. The number of hydrogen-bond acceptors (Lipinski definition) is 4. The smallest absolute Gasteiger partial charge is 0.390 e. The molecular formula is C12H15F3N2O3S. The van der Waals surface area contributed by atoms with Crippen LogP contribution in [0.2, 0.25) is 0 Å². The third kappa shape index (κ3) is 3.05. The minimum Gasteiger partial charge on any atom is -0.390 e. The Hall–Kier alpha value is -1.16. The first-order chi connectivity index (χ1) is 9.65. The predicted molar refractivity (Wildman–Crippen MR) is 69.1 cm³/mol. The quantitative estimate of drug-likeness (QED) is 0.857. The van der Waals surface area contributed by atoms with Gasteiger partial charge in [-0.1, -0.05) is 12.1 Å². The third-order valence-electron chi connectivity index (χ3n) is 3.47. The summed E-state index contributed by atoms with van der Waals surface area (Å²) in [4.78, 5) is -0.806. The highest BCUT2D eigenvalue weighted by molar-refractivity contribution is 7.89. The van der Waals surface area contributed by atoms with Crippen LogP contribution in [0, 0.1) is 0 Å². The number of nitrogens with one attached hydrogen (secondary N) is 1. The molecule has 0 amide bonds. The molecule has 1 aliphatic rings. The molecule has 1 aromatic rings. The maximum absolute atomic E-state index is 13.0. The van der Waals surface area contributed by atoms with Crippen molar-refractivity contribution in [3.05, 3.63) is 29.8 Å². The molecule has 0 radical (unpaired) electrons. The Labute approximate surface area is 120 Å². The molecule has 0 spiro atoms. The van der Waals surface area contributed by atoms with E-state index in [9.17, 15) is 26.7 Å². The molecule has 118 valence electrons. The lowest BCUT2D eigenvalue weighted by atomic mass is 10.2. The number of β-amino-alcohol motifs (C(OH)–C–C–N with tert-alkyl or cyclic N) is 1. The fraction of sp³-hybridized carbons (Fsp3) is 0.500. The molecule has 9 heteroatoms. The van der Waals surface area contributed by atoms with Crippen molar-refractivity contribution in [1.29, 1.82) is 0 Å². The van der Waals surface area contributed by atoms with Crippen LogP contribution in [0.1, 0.15) is 5.56 Å². The Bertz CT molecular complexity index is 618. The summed E-state index contributed by atoms with van der Waals surface area (Å²) in [5, 5.41) is 12.5. The number of nitrogens with zero attached hydrogens (tertiary/aromatic N) is 1. The van der Waals surface area contributed by atoms with Crippen molar-refractivity contribution in [2.24, 2.45) is 0 Å². The van der Waals surface area contributed by atoms with E-state index < -0.39 is 38.8 Å². The first-order valence-electron chi connectivity index (χ1n) is 6.18. The normalized spacial score (nSPS) is 23.7. The van der Waals surface area contributed by atoms with E-state index in [1.807, 2.05) is 0 Å². The van der Waals surface area contributed by atoms with E-state index in [0.717, 1.165) is 22.5 Å². The molecule has 0 bridgehead atoms. The number of hydrogen-bond donors (Lipinski definition) is 2. The Balaban J connectivity index is 2.45. The number of benzene rings is 1. The molecule has 0 unspecified atom stereocenters. The van der Waals surface area contributed by atoms with Gasteiger partial charge in [0.25, 0.3) is 0 Å². The van der Waals surface area contributed by atoms with Gasteiger partial charge < -0.3 is 10.4 Å². The molecule has 1 aromatic carbocycles. The van der Waals surface area contributed by atoms with Crippen molar-refractivity contribution in [2.75, 3.05) is 20.1 Å². The number of alkyl halides is 3. The standard InChI is InChI=1S/C12H15F3N2O3S/c1-17(9-6-16-7-10(9)18)21(19,20)11-5-3-2-4-8(11)12(13,14)15/h2-5,9-10,16,18H,6-7H2,1H3/t9-,10-/m1/s1. The Morgan fingerprint density at radius 2 is 1.90 bits per heavy atom. The van der Waals surface area contributed by atoms with Crippen LogP contribution in [-0.2, 0) is 16.2 Å². The van der Waals surface area contributed by atoms with Crippen molar-refractivity contribution in [3.63, 3.8) is 0 Å². The molecule has 1 aliphatic heterocycles. The van der Waals surface area contributed by atoms with Crippen LogP contribution in [0.4, 0.5) is 13.2 Å². The predicted octanol–water partition coefficient (Wildman–Crippen LogP) is 0.659. The summed E-state index contributed by atoms with van der Waals surface area (Å²) in [6, 6.07) is 3.22. The summed E-state index contributed by atoms with van der Waals surface area (Å²) >= 11 is 0. The van der Waals surface area contributed by atoms with E-state index in [4.69, 9.17) is 0 Å². The minimum absolute atomic E-state index is 0.186. The van der Waals surface area contributed by atoms with Gasteiger partial charge in [-0.3, -0.25) is 0 Å². The summed E-state index contributed by atoms with van der Waals surface area (Å²) in [6.07, 6.45) is -5.72. The summed E-state index contributed by atoms with van der Waals surface area (Å²) in [5.74, 6) is 0. The lowest BCUT2D eigenvalue weighted by molar-refractivity contribution is -0.139. The van der Waals surface area contributed by atoms with Crippen LogP contribution in [0.5, 0.6) is 0 Å². The van der Waals surface area contributed by atoms with Gasteiger partial charge in [-0.25, -0.2) is 8.42 Å². The van der Waals surface area contributed by atoms with E-state index in [1.165, 1.54) is 13.1 Å². The summed E-state index contributed by atoms with van der Waals surface area (Å²) in [7, 11) is -3.19. The van der Waals surface area contributed by atoms with E-state index >= 15 is 0 Å². The van der Waals surface area contributed by atoms with Gasteiger partial charge in [0, 0.05) is 20.1 Å². The molecule has 5 nitrogen and oxygen atoms in total. The Morgan fingerprint density at radius 3 is 2.43 bits per heavy atom. The van der Waals surface area contributed by atoms with E-state index in [0.29, 0.717) is 0 Å². The van der Waals surface area contributed by atoms with Gasteiger partial charge in [-0.05, 0) is 12.1 Å². The molecule has 0 saturated carbocycles. The minimum atomic E-state index is -4.77. The van der Waals surface area contributed by atoms with Crippen LogP contribution in [0.15, 0.2) is 29.2 Å². The lowest BCUT2D eigenvalue weighted by Gasteiger charge is -2.26. The highest BCUT2D eigenvalue weighted by Crippen LogP contribution is 2.35. The van der Waals surface area contributed by atoms with Crippen LogP contribution in [0.3, 0.4) is 0 Å². The van der Waals surface area contributed by atoms with E-state index in [1.54, 1.807) is 0 Å². The fourth-order valence-electron chi connectivity index (χ4n) is 2.28. The monoisotopic (exact) mass is 324 g/mol. The molecule has 1 heterocycles. The average molecular weight is 324 g/mol. The highest BCUT2D eigenvalue weighted by Gasteiger charge is 2.41. The zero-order valence-corrected chi connectivity index (χ0v) is 11.9. The first-order valence-corrected chi connectivity index (χ1v) is 7.62. The largest absolute Gasteiger partial charge is 0.417 e. The number of aliphatic hydroxyl groups excluding tert-OH is 1. The van der Waals surface area contributed by atoms with E-state index in [-0.39, 0.29) is 13.1 Å². The van der Waals surface area contributed by atoms with Crippen LogP contribution < -0.4 is 5.32 Å².